The topological polar surface area (TPSA) is 153 Å². The van der Waals surface area contributed by atoms with Gasteiger partial charge in [0.25, 0.3) is 5.91 Å². The lowest BCUT2D eigenvalue weighted by Gasteiger charge is -2.09. The minimum Gasteiger partial charge on any atom is -0.493 e. The van der Waals surface area contributed by atoms with E-state index in [4.69, 9.17) is 0 Å². The number of rotatable bonds is 6. The van der Waals surface area contributed by atoms with E-state index in [1.54, 1.807) is 16.6 Å². The number of nitrogens with zero attached hydrogens (tertiary/aromatic N) is 4. The minimum atomic E-state index is -0.592. The Morgan fingerprint density at radius 3 is 2.74 bits per heavy atom. The van der Waals surface area contributed by atoms with Crippen LogP contribution in [0.25, 0.3) is 11.7 Å². The number of hydrogen-bond acceptors (Lipinski definition) is 7. The molecule has 2 saturated carbocycles. The fourth-order valence-electron chi connectivity index (χ4n) is 3.65. The van der Waals surface area contributed by atoms with Crippen molar-refractivity contribution < 1.29 is 14.3 Å². The molecule has 0 aliphatic heterocycles. The van der Waals surface area contributed by atoms with Gasteiger partial charge in [0.15, 0.2) is 11.1 Å². The van der Waals surface area contributed by atoms with Gasteiger partial charge in [-0.05, 0) is 50.0 Å². The molecular weight excluding hydrogens is 455 g/mol. The fraction of sp³-hybridized carbons (Fsp3) is 0.261. The molecule has 3 heterocycles. The maximum atomic E-state index is 14.9. The average molecular weight is 476 g/mol. The van der Waals surface area contributed by atoms with Crippen molar-refractivity contribution in [2.75, 3.05) is 5.32 Å². The molecule has 2 fully saturated rings. The minimum absolute atomic E-state index is 0.153. The van der Waals surface area contributed by atoms with Crippen LogP contribution in [0.4, 0.5) is 15.9 Å². The molecule has 5 N–H and O–H groups in total. The number of imidazole rings is 1. The lowest BCUT2D eigenvalue weighted by atomic mass is 10.2. The van der Waals surface area contributed by atoms with E-state index in [1.807, 2.05) is 0 Å². The van der Waals surface area contributed by atoms with Gasteiger partial charge < -0.3 is 20.7 Å². The smallest absolute Gasteiger partial charge is 0.326 e. The predicted octanol–water partition coefficient (Wildman–Crippen LogP) is 0.837. The lowest BCUT2D eigenvalue weighted by Crippen LogP contribution is -2.25. The first-order valence-corrected chi connectivity index (χ1v) is 11.3. The highest BCUT2D eigenvalue weighted by Crippen LogP contribution is 2.24. The predicted molar refractivity (Wildman–Crippen MR) is 124 cm³/mol. The number of aromatic amines is 2. The number of carbonyl (C=O) groups is 1. The van der Waals surface area contributed by atoms with Gasteiger partial charge >= 0.3 is 5.69 Å². The van der Waals surface area contributed by atoms with E-state index in [0.717, 1.165) is 25.7 Å². The Hall–Kier alpha value is -4.48. The molecule has 6 rings (SSSR count). The van der Waals surface area contributed by atoms with Crippen LogP contribution in [0, 0.1) is 5.82 Å². The molecule has 0 bridgehead atoms. The molecule has 0 spiro atoms. The van der Waals surface area contributed by atoms with Crippen LogP contribution in [0.15, 0.2) is 40.2 Å². The third kappa shape index (κ3) is 4.37. The van der Waals surface area contributed by atoms with Crippen LogP contribution in [0.5, 0.6) is 5.88 Å². The van der Waals surface area contributed by atoms with Crippen LogP contribution in [0.2, 0.25) is 0 Å². The number of halogens is 1. The standard InChI is InChI=1S/C23H21FN8O3/c24-15-7-11(21(33)27-14-4-5-14)1-6-16(15)28-18-9-19(26-13-2-3-13)32-20(30-18)12(10-25-32)8-17-22(34)31-23(35)29-17/h1,6-10,13-14,28,34H,2-5H2,(H,27,33)(H2,29,31,35)/b12-8+,26-19?. The number of hydrogen-bond donors (Lipinski definition) is 5. The number of aromatic hydroxyl groups is 1. The van der Waals surface area contributed by atoms with Gasteiger partial charge in [0.2, 0.25) is 5.88 Å². The summed E-state index contributed by atoms with van der Waals surface area (Å²) in [5.74, 6) is -0.869. The Balaban J connectivity index is 1.39. The van der Waals surface area contributed by atoms with Crippen LogP contribution < -0.4 is 27.0 Å². The van der Waals surface area contributed by atoms with Crippen molar-refractivity contribution in [1.82, 2.24) is 29.9 Å². The number of amides is 1. The second-order valence-corrected chi connectivity index (χ2v) is 8.75. The summed E-state index contributed by atoms with van der Waals surface area (Å²) in [7, 11) is 0. The second-order valence-electron chi connectivity index (χ2n) is 8.75. The van der Waals surface area contributed by atoms with Gasteiger partial charge in [-0.15, -0.1) is 0 Å². The molecule has 12 heteroatoms. The SMILES string of the molecule is O=C(NC1CC1)c1ccc(Nc2cc(=NC3CC3)n3nc/c(=C\c4[nH]c(=O)[nH]c4O)c3n2)c(F)c1. The fourth-order valence-corrected chi connectivity index (χ4v) is 3.65. The summed E-state index contributed by atoms with van der Waals surface area (Å²) in [6.45, 7) is 0. The first-order valence-electron chi connectivity index (χ1n) is 11.3. The Bertz CT molecular complexity index is 1650. The molecule has 35 heavy (non-hydrogen) atoms. The zero-order valence-electron chi connectivity index (χ0n) is 18.4. The molecule has 2 aliphatic rings. The number of carbonyl (C=O) groups excluding carboxylic acids is 1. The lowest BCUT2D eigenvalue weighted by molar-refractivity contribution is 0.0950. The summed E-state index contributed by atoms with van der Waals surface area (Å²) < 4.78 is 16.4. The summed E-state index contributed by atoms with van der Waals surface area (Å²) in [5, 5.41) is 20.6. The van der Waals surface area contributed by atoms with Crippen LogP contribution in [0.1, 0.15) is 41.7 Å². The summed E-state index contributed by atoms with van der Waals surface area (Å²) in [6.07, 6.45) is 6.92. The first kappa shape index (κ1) is 21.1. The third-order valence-electron chi connectivity index (χ3n) is 5.78. The Labute approximate surface area is 196 Å². The van der Waals surface area contributed by atoms with E-state index in [0.29, 0.717) is 22.2 Å². The number of H-pyrrole nitrogens is 2. The Morgan fingerprint density at radius 1 is 1.23 bits per heavy atom. The Kier molecular flexibility index (Phi) is 4.87. The molecule has 0 unspecified atom stereocenters. The van der Waals surface area contributed by atoms with Gasteiger partial charge in [-0.1, -0.05) is 0 Å². The number of anilines is 2. The molecule has 1 aromatic carbocycles. The Morgan fingerprint density at radius 2 is 2.06 bits per heavy atom. The highest BCUT2D eigenvalue weighted by Gasteiger charge is 2.24. The van der Waals surface area contributed by atoms with Crippen LogP contribution in [-0.4, -0.2) is 47.7 Å². The highest BCUT2D eigenvalue weighted by atomic mass is 19.1. The van der Waals surface area contributed by atoms with Crippen molar-refractivity contribution in [3.05, 3.63) is 68.7 Å². The molecule has 0 saturated heterocycles. The van der Waals surface area contributed by atoms with E-state index >= 15 is 0 Å². The molecule has 11 nitrogen and oxygen atoms in total. The van der Waals surface area contributed by atoms with Gasteiger partial charge in [-0.3, -0.25) is 14.8 Å². The molecule has 178 valence electrons. The monoisotopic (exact) mass is 476 g/mol. The van der Waals surface area contributed by atoms with Gasteiger partial charge in [0.1, 0.15) is 17.3 Å². The van der Waals surface area contributed by atoms with E-state index in [2.05, 4.69) is 35.7 Å². The normalized spacial score (nSPS) is 16.7. The number of aromatic nitrogens is 5. The maximum Gasteiger partial charge on any atom is 0.326 e. The van der Waals surface area contributed by atoms with Gasteiger partial charge in [0, 0.05) is 22.9 Å². The van der Waals surface area contributed by atoms with Crippen LogP contribution in [-0.2, 0) is 0 Å². The van der Waals surface area contributed by atoms with Crippen molar-refractivity contribution in [1.29, 1.82) is 0 Å². The van der Waals surface area contributed by atoms with Crippen molar-refractivity contribution in [3.8, 4) is 5.88 Å². The third-order valence-corrected chi connectivity index (χ3v) is 5.78. The molecule has 0 radical (unpaired) electrons. The summed E-state index contributed by atoms with van der Waals surface area (Å²) in [4.78, 5) is 37.7. The molecule has 0 atom stereocenters. The van der Waals surface area contributed by atoms with E-state index in [1.165, 1.54) is 24.4 Å². The summed E-state index contributed by atoms with van der Waals surface area (Å²) >= 11 is 0. The molecule has 1 amide bonds. The molecule has 2 aliphatic carbocycles. The van der Waals surface area contributed by atoms with Crippen molar-refractivity contribution in [2.45, 2.75) is 37.8 Å². The maximum absolute atomic E-state index is 14.9. The number of fused-ring (bicyclic) bond motifs is 1. The average Bonchev–Trinajstić information content (AvgIpc) is 3.74. The van der Waals surface area contributed by atoms with Crippen molar-refractivity contribution in [3.63, 3.8) is 0 Å². The zero-order valence-corrected chi connectivity index (χ0v) is 18.4. The van der Waals surface area contributed by atoms with Crippen LogP contribution in [0.3, 0.4) is 0 Å². The second kappa shape index (κ2) is 8.08. The van der Waals surface area contributed by atoms with Gasteiger partial charge in [-0.2, -0.15) is 9.61 Å². The molecule has 4 aromatic rings. The molecular formula is C23H21FN8O3. The number of nitrogens with one attached hydrogen (secondary N) is 4. The van der Waals surface area contributed by atoms with E-state index < -0.39 is 11.5 Å². The first-order chi connectivity index (χ1) is 16.9. The number of benzene rings is 1. The van der Waals surface area contributed by atoms with Crippen LogP contribution >= 0.6 is 0 Å². The van der Waals surface area contributed by atoms with Gasteiger partial charge in [-0.25, -0.2) is 14.2 Å². The van der Waals surface area contributed by atoms with E-state index in [9.17, 15) is 19.1 Å². The van der Waals surface area contributed by atoms with Crippen molar-refractivity contribution in [2.24, 2.45) is 4.99 Å². The van der Waals surface area contributed by atoms with Gasteiger partial charge in [0.05, 0.1) is 17.9 Å². The quantitative estimate of drug-likeness (QED) is 0.278. The van der Waals surface area contributed by atoms with Crippen molar-refractivity contribution >= 4 is 29.1 Å². The molecule has 3 aromatic heterocycles. The largest absolute Gasteiger partial charge is 0.493 e. The van der Waals surface area contributed by atoms with E-state index in [-0.39, 0.29) is 40.8 Å². The summed E-state index contributed by atoms with van der Waals surface area (Å²) in [6, 6.07) is 6.28. The highest BCUT2D eigenvalue weighted by molar-refractivity contribution is 5.95. The summed E-state index contributed by atoms with van der Waals surface area (Å²) in [5.41, 5.74) is 0.969. The zero-order chi connectivity index (χ0) is 24.1.